The van der Waals surface area contributed by atoms with E-state index >= 15 is 0 Å². The molecule has 0 aliphatic carbocycles. The Labute approximate surface area is 62.6 Å². The van der Waals surface area contributed by atoms with Gasteiger partial charge in [-0.25, -0.2) is 0 Å². The summed E-state index contributed by atoms with van der Waals surface area (Å²) in [5.74, 6) is -0.504. The highest BCUT2D eigenvalue weighted by atomic mass is 32.2. The van der Waals surface area contributed by atoms with Gasteiger partial charge in [-0.05, 0) is 17.6 Å². The van der Waals surface area contributed by atoms with Crippen LogP contribution >= 0.6 is 11.8 Å². The van der Waals surface area contributed by atoms with Crippen LogP contribution in [-0.2, 0) is 4.79 Å². The van der Waals surface area contributed by atoms with Crippen molar-refractivity contribution in [3.8, 4) is 0 Å². The van der Waals surface area contributed by atoms with E-state index in [1.54, 1.807) is 11.5 Å². The summed E-state index contributed by atoms with van der Waals surface area (Å²) in [4.78, 5) is 10.5. The third kappa shape index (κ3) is 1.62. The normalized spacial score (nSPS) is 24.1. The maximum atomic E-state index is 10.5. The van der Waals surface area contributed by atoms with Gasteiger partial charge in [-0.2, -0.15) is 0 Å². The van der Waals surface area contributed by atoms with Crippen LogP contribution in [0.1, 0.15) is 0 Å². The van der Waals surface area contributed by atoms with E-state index in [1.807, 2.05) is 0 Å². The Balaban J connectivity index is 2.76. The molecular weight excluding hydrogens is 150 g/mol. The van der Waals surface area contributed by atoms with Crippen molar-refractivity contribution >= 4 is 17.7 Å². The van der Waals surface area contributed by atoms with Crippen LogP contribution in [0.4, 0.5) is 0 Å². The Morgan fingerprint density at radius 2 is 2.50 bits per heavy atom. The molecule has 4 heteroatoms. The summed E-state index contributed by atoms with van der Waals surface area (Å²) in [6, 6.07) is 0. The molecule has 0 fully saturated rings. The summed E-state index contributed by atoms with van der Waals surface area (Å²) in [7, 11) is 0. The Hall–Kier alpha value is -0.740. The van der Waals surface area contributed by atoms with Crippen LogP contribution < -0.4 is 5.73 Å². The minimum atomic E-state index is -0.632. The van der Waals surface area contributed by atoms with E-state index in [1.165, 1.54) is 17.8 Å². The molecule has 0 aromatic heterocycles. The van der Waals surface area contributed by atoms with Crippen molar-refractivity contribution in [3.63, 3.8) is 0 Å². The highest BCUT2D eigenvalue weighted by molar-refractivity contribution is 8.02. The molecule has 0 saturated carbocycles. The van der Waals surface area contributed by atoms with Crippen LogP contribution in [0.25, 0.3) is 0 Å². The number of aliphatic hydroxyl groups excluding tert-OH is 1. The second-order valence-electron chi connectivity index (χ2n) is 1.82. The average molecular weight is 157 g/mol. The maximum Gasteiger partial charge on any atom is 0.248 e. The molecule has 0 radical (unpaired) electrons. The number of rotatable bonds is 1. The van der Waals surface area contributed by atoms with Gasteiger partial charge in [-0.15, -0.1) is 0 Å². The van der Waals surface area contributed by atoms with Crippen LogP contribution in [-0.4, -0.2) is 16.4 Å². The van der Waals surface area contributed by atoms with E-state index < -0.39 is 11.3 Å². The molecule has 0 spiro atoms. The maximum absolute atomic E-state index is 10.5. The van der Waals surface area contributed by atoms with Gasteiger partial charge in [0.25, 0.3) is 0 Å². The number of thioether (sulfide) groups is 1. The van der Waals surface area contributed by atoms with Gasteiger partial charge in [-0.1, -0.05) is 11.8 Å². The molecule has 1 atom stereocenters. The summed E-state index contributed by atoms with van der Waals surface area (Å²) < 4.78 is 0. The number of amides is 1. The summed E-state index contributed by atoms with van der Waals surface area (Å²) in [5, 5.41) is 10.6. The lowest BCUT2D eigenvalue weighted by Gasteiger charge is -2.07. The number of hydrogen-bond acceptors (Lipinski definition) is 3. The third-order valence-corrected chi connectivity index (χ3v) is 1.78. The molecule has 0 saturated heterocycles. The lowest BCUT2D eigenvalue weighted by Crippen LogP contribution is -2.15. The van der Waals surface area contributed by atoms with Gasteiger partial charge in [0.2, 0.25) is 5.91 Å². The first-order valence-corrected chi connectivity index (χ1v) is 3.66. The van der Waals surface area contributed by atoms with Crippen molar-refractivity contribution in [1.82, 2.24) is 0 Å². The topological polar surface area (TPSA) is 63.3 Å². The first-order valence-electron chi connectivity index (χ1n) is 2.72. The zero-order valence-electron chi connectivity index (χ0n) is 5.15. The van der Waals surface area contributed by atoms with Crippen LogP contribution in [0.15, 0.2) is 23.1 Å². The average Bonchev–Trinajstić information content (AvgIpc) is 1.88. The van der Waals surface area contributed by atoms with Gasteiger partial charge >= 0.3 is 0 Å². The van der Waals surface area contributed by atoms with Crippen molar-refractivity contribution < 1.29 is 9.90 Å². The molecular formula is C6H7NO2S. The summed E-state index contributed by atoms with van der Waals surface area (Å²) in [6.07, 6.45) is 3.01. The van der Waals surface area contributed by atoms with E-state index in [-0.39, 0.29) is 0 Å². The van der Waals surface area contributed by atoms with Crippen LogP contribution in [0, 0.1) is 0 Å². The Kier molecular flexibility index (Phi) is 2.13. The molecule has 1 heterocycles. The SMILES string of the molecule is NC(=O)C1=CC(O)SC=C1. The van der Waals surface area contributed by atoms with Crippen molar-refractivity contribution in [2.24, 2.45) is 5.73 Å². The summed E-state index contributed by atoms with van der Waals surface area (Å²) >= 11 is 1.23. The zero-order valence-corrected chi connectivity index (χ0v) is 5.97. The van der Waals surface area contributed by atoms with Gasteiger partial charge in [-0.3, -0.25) is 4.79 Å². The van der Waals surface area contributed by atoms with E-state index in [0.717, 1.165) is 0 Å². The molecule has 0 bridgehead atoms. The summed E-state index contributed by atoms with van der Waals surface area (Å²) in [6.45, 7) is 0. The number of carbonyl (C=O) groups is 1. The molecule has 0 aromatic rings. The fraction of sp³-hybridized carbons (Fsp3) is 0.167. The molecule has 1 amide bonds. The second kappa shape index (κ2) is 2.90. The molecule has 1 rings (SSSR count). The predicted molar refractivity (Wildman–Crippen MR) is 40.0 cm³/mol. The first-order chi connectivity index (χ1) is 4.70. The first kappa shape index (κ1) is 7.37. The molecule has 1 aliphatic heterocycles. The molecule has 3 nitrogen and oxygen atoms in total. The second-order valence-corrected chi connectivity index (χ2v) is 2.84. The number of nitrogens with two attached hydrogens (primary N) is 1. The zero-order chi connectivity index (χ0) is 7.56. The minimum absolute atomic E-state index is 0.367. The standard InChI is InChI=1S/C6H7NO2S/c7-6(9)4-1-2-10-5(8)3-4/h1-3,5,8H,(H2,7,9). The van der Waals surface area contributed by atoms with Crippen LogP contribution in [0.5, 0.6) is 0 Å². The van der Waals surface area contributed by atoms with Crippen molar-refractivity contribution in [2.75, 3.05) is 0 Å². The van der Waals surface area contributed by atoms with Crippen LogP contribution in [0.3, 0.4) is 0 Å². The molecule has 10 heavy (non-hydrogen) atoms. The monoisotopic (exact) mass is 157 g/mol. The van der Waals surface area contributed by atoms with E-state index in [4.69, 9.17) is 10.8 Å². The van der Waals surface area contributed by atoms with Crippen molar-refractivity contribution in [2.45, 2.75) is 5.44 Å². The number of carbonyl (C=O) groups excluding carboxylic acids is 1. The fourth-order valence-electron chi connectivity index (χ4n) is 0.606. The molecule has 54 valence electrons. The number of aliphatic hydroxyl groups is 1. The highest BCUT2D eigenvalue weighted by Crippen LogP contribution is 2.19. The smallest absolute Gasteiger partial charge is 0.248 e. The molecule has 3 N–H and O–H groups in total. The molecule has 1 aliphatic rings. The summed E-state index contributed by atoms with van der Waals surface area (Å²) in [5.41, 5.74) is 4.69. The van der Waals surface area contributed by atoms with Gasteiger partial charge in [0.1, 0.15) is 5.44 Å². The minimum Gasteiger partial charge on any atom is -0.378 e. The fourth-order valence-corrected chi connectivity index (χ4v) is 1.22. The number of hydrogen-bond donors (Lipinski definition) is 2. The quantitative estimate of drug-likeness (QED) is 0.562. The molecule has 1 unspecified atom stereocenters. The Morgan fingerprint density at radius 3 is 2.90 bits per heavy atom. The van der Waals surface area contributed by atoms with Gasteiger partial charge in [0.15, 0.2) is 0 Å². The van der Waals surface area contributed by atoms with E-state index in [0.29, 0.717) is 5.57 Å². The van der Waals surface area contributed by atoms with Crippen LogP contribution in [0.2, 0.25) is 0 Å². The van der Waals surface area contributed by atoms with Crippen molar-refractivity contribution in [1.29, 1.82) is 0 Å². The van der Waals surface area contributed by atoms with Crippen molar-refractivity contribution in [3.05, 3.63) is 23.1 Å². The third-order valence-electron chi connectivity index (χ3n) is 1.07. The largest absolute Gasteiger partial charge is 0.378 e. The van der Waals surface area contributed by atoms with E-state index in [2.05, 4.69) is 0 Å². The van der Waals surface area contributed by atoms with E-state index in [9.17, 15) is 4.79 Å². The molecule has 0 aromatic carbocycles. The predicted octanol–water partition coefficient (Wildman–Crippen LogP) is -0.0230. The Bertz CT molecular complexity index is 210. The van der Waals surface area contributed by atoms with Gasteiger partial charge in [0, 0.05) is 5.57 Å². The lowest BCUT2D eigenvalue weighted by molar-refractivity contribution is -0.114. The van der Waals surface area contributed by atoms with Gasteiger partial charge in [0.05, 0.1) is 0 Å². The van der Waals surface area contributed by atoms with Gasteiger partial charge < -0.3 is 10.8 Å². The highest BCUT2D eigenvalue weighted by Gasteiger charge is 2.08. The number of primary amides is 1. The lowest BCUT2D eigenvalue weighted by atomic mass is 10.2. The Morgan fingerprint density at radius 1 is 1.80 bits per heavy atom.